The van der Waals surface area contributed by atoms with Gasteiger partial charge < -0.3 is 67.1 Å². The molecule has 2 aliphatic rings. The summed E-state index contributed by atoms with van der Waals surface area (Å²) in [6, 6.07) is 19.7. The maximum atomic E-state index is 14.4. The van der Waals surface area contributed by atoms with Crippen molar-refractivity contribution in [2.24, 2.45) is 0 Å². The summed E-state index contributed by atoms with van der Waals surface area (Å²) < 4.78 is 55.5. The number of aromatic nitrogens is 1. The highest BCUT2D eigenvalue weighted by Crippen LogP contribution is 2.48. The van der Waals surface area contributed by atoms with E-state index in [2.05, 4.69) is 4.98 Å². The zero-order chi connectivity index (χ0) is 56.5. The Hall–Kier alpha value is -8.22. The van der Waals surface area contributed by atoms with Crippen molar-refractivity contribution in [2.75, 3.05) is 65.5 Å². The second kappa shape index (κ2) is 25.3. The molecule has 0 radical (unpaired) electrons. The lowest BCUT2D eigenvalue weighted by Crippen LogP contribution is -2.63. The highest BCUT2D eigenvalue weighted by Gasteiger charge is 2.54. The number of nitro groups is 1. The van der Waals surface area contributed by atoms with Gasteiger partial charge in [-0.1, -0.05) is 30.3 Å². The largest absolute Gasteiger partial charge is 0.513 e. The molecule has 24 nitrogen and oxygen atoms in total. The summed E-state index contributed by atoms with van der Waals surface area (Å²) in [5.74, 6) is -3.68. The second-order valence-corrected chi connectivity index (χ2v) is 19.2. The topological polar surface area (TPSA) is 280 Å². The van der Waals surface area contributed by atoms with Crippen molar-refractivity contribution >= 4 is 86.7 Å². The Morgan fingerprint density at radius 2 is 1.49 bits per heavy atom. The number of esters is 4. The molecule has 7 rings (SSSR count). The number of anilines is 1. The number of fused-ring (bicyclic) bond motifs is 4. The standard InChI is InChI=1S/C53H58ClN5O19/c1-28(54)38-25-58(50(64)40-23-34-22-35(14-15-39(34)55-40)69-19-17-56(6)7)42-24-44(36-11-9-10-12-37(36)46(38)42)78-53(66)70-20-18-57(8)52(65)72-26-33-13-16-43(41(21-33)59(67)68)76-51-49(75-32(5)63)48(74-31(4)62)47(73-30(3)61)45(77-51)27-71-29(2)60/h9-16,21-24,28,38,45,47-49,51,55H,17-20,25-27H2,1-8H3/t28-,38+,45-,47+,48+,49-,51-/m1/s1. The normalized spacial score (nSPS) is 19.0. The molecule has 0 saturated carbocycles. The van der Waals surface area contributed by atoms with Crippen molar-refractivity contribution in [2.45, 2.75) is 83.2 Å². The molecule has 416 valence electrons. The van der Waals surface area contributed by atoms with Gasteiger partial charge in [0.25, 0.3) is 5.91 Å². The number of nitrogens with one attached hydrogen (secondary N) is 1. The number of nitrogens with zero attached hydrogens (tertiary/aromatic N) is 4. The fourth-order valence-corrected chi connectivity index (χ4v) is 9.05. The van der Waals surface area contributed by atoms with Crippen molar-refractivity contribution in [1.82, 2.24) is 14.8 Å². The summed E-state index contributed by atoms with van der Waals surface area (Å²) >= 11 is 6.79. The van der Waals surface area contributed by atoms with Crippen LogP contribution in [0.1, 0.15) is 62.2 Å². The average Bonchev–Trinajstić information content (AvgIpc) is 4.22. The first-order valence-corrected chi connectivity index (χ1v) is 24.9. The number of ether oxygens (including phenoxy) is 10. The zero-order valence-electron chi connectivity index (χ0n) is 43.8. The summed E-state index contributed by atoms with van der Waals surface area (Å²) in [5.41, 5.74) is 1.86. The lowest BCUT2D eigenvalue weighted by Gasteiger charge is -2.43. The minimum absolute atomic E-state index is 0.113. The van der Waals surface area contributed by atoms with Crippen molar-refractivity contribution in [3.63, 3.8) is 0 Å². The number of carbonyl (C=O) groups excluding carboxylic acids is 7. The van der Waals surface area contributed by atoms with Gasteiger partial charge in [-0.3, -0.25) is 34.1 Å². The van der Waals surface area contributed by atoms with Gasteiger partial charge in [-0.05, 0) is 67.9 Å². The van der Waals surface area contributed by atoms with Crippen LogP contribution in [0, 0.1) is 10.1 Å². The van der Waals surface area contributed by atoms with Crippen LogP contribution < -0.4 is 19.1 Å². The van der Waals surface area contributed by atoms with E-state index in [9.17, 15) is 43.7 Å². The highest BCUT2D eigenvalue weighted by molar-refractivity contribution is 6.22. The van der Waals surface area contributed by atoms with E-state index < -0.39 is 96.4 Å². The number of aromatic amines is 1. The fraction of sp³-hybridized carbons (Fsp3) is 0.415. The van der Waals surface area contributed by atoms with E-state index in [1.165, 1.54) is 13.1 Å². The van der Waals surface area contributed by atoms with Crippen LogP contribution in [0.5, 0.6) is 17.2 Å². The number of alkyl halides is 1. The number of rotatable bonds is 20. The van der Waals surface area contributed by atoms with E-state index in [0.717, 1.165) is 73.1 Å². The molecule has 25 heteroatoms. The first-order valence-electron chi connectivity index (χ1n) is 24.5. The van der Waals surface area contributed by atoms with Crippen LogP contribution >= 0.6 is 11.6 Å². The van der Waals surface area contributed by atoms with Gasteiger partial charge >= 0.3 is 41.8 Å². The minimum Gasteiger partial charge on any atom is -0.492 e. The molecule has 0 unspecified atom stereocenters. The number of carbonyl (C=O) groups is 7. The Bertz CT molecular complexity index is 3090. The lowest BCUT2D eigenvalue weighted by molar-refractivity contribution is -0.387. The van der Waals surface area contributed by atoms with Crippen LogP contribution in [0.25, 0.3) is 21.7 Å². The van der Waals surface area contributed by atoms with Gasteiger partial charge in [-0.25, -0.2) is 9.59 Å². The second-order valence-electron chi connectivity index (χ2n) is 18.6. The van der Waals surface area contributed by atoms with Gasteiger partial charge in [0.2, 0.25) is 12.4 Å². The molecule has 2 amide bonds. The predicted octanol–water partition coefficient (Wildman–Crippen LogP) is 6.79. The molecule has 5 aromatic rings. The summed E-state index contributed by atoms with van der Waals surface area (Å²) in [6.07, 6.45) is -9.92. The predicted molar refractivity (Wildman–Crippen MR) is 276 cm³/mol. The molecule has 1 N–H and O–H groups in total. The number of H-pyrrole nitrogens is 1. The third kappa shape index (κ3) is 14.0. The van der Waals surface area contributed by atoms with Crippen molar-refractivity contribution in [1.29, 1.82) is 0 Å². The number of amides is 2. The molecule has 0 spiro atoms. The van der Waals surface area contributed by atoms with Crippen LogP contribution in [0.2, 0.25) is 0 Å². The zero-order valence-corrected chi connectivity index (χ0v) is 44.6. The van der Waals surface area contributed by atoms with Gasteiger partial charge in [0.15, 0.2) is 18.0 Å². The van der Waals surface area contributed by atoms with Gasteiger partial charge in [0.1, 0.15) is 49.7 Å². The van der Waals surface area contributed by atoms with Crippen LogP contribution in [0.4, 0.5) is 21.0 Å². The molecule has 0 bridgehead atoms. The third-order valence-corrected chi connectivity index (χ3v) is 12.7. The quantitative estimate of drug-likeness (QED) is 0.0210. The minimum atomic E-state index is -1.77. The number of hydrogen-bond donors (Lipinski definition) is 1. The van der Waals surface area contributed by atoms with E-state index in [4.69, 9.17) is 59.0 Å². The first-order chi connectivity index (χ1) is 37.1. The maximum Gasteiger partial charge on any atom is 0.513 e. The molecular weight excluding hydrogens is 1050 g/mol. The molecule has 1 saturated heterocycles. The lowest BCUT2D eigenvalue weighted by atomic mass is 9.92. The molecule has 1 aromatic heterocycles. The van der Waals surface area contributed by atoms with Crippen LogP contribution in [-0.4, -0.2) is 158 Å². The summed E-state index contributed by atoms with van der Waals surface area (Å²) in [7, 11) is 5.28. The molecule has 0 aliphatic carbocycles. The smallest absolute Gasteiger partial charge is 0.492 e. The van der Waals surface area contributed by atoms with Crippen molar-refractivity contribution in [3.8, 4) is 17.2 Å². The number of likely N-dealkylation sites (N-methyl/N-ethyl adjacent to an activating group) is 2. The van der Waals surface area contributed by atoms with Crippen LogP contribution in [0.3, 0.4) is 0 Å². The van der Waals surface area contributed by atoms with Gasteiger partial charge in [0.05, 0.1) is 17.2 Å². The van der Waals surface area contributed by atoms with E-state index in [0.29, 0.717) is 29.1 Å². The number of halogens is 1. The van der Waals surface area contributed by atoms with E-state index in [-0.39, 0.29) is 48.2 Å². The number of benzene rings is 4. The summed E-state index contributed by atoms with van der Waals surface area (Å²) in [6.45, 7) is 5.97. The Balaban J connectivity index is 0.992. The molecule has 1 fully saturated rings. The fourth-order valence-electron chi connectivity index (χ4n) is 8.84. The number of nitro benzene ring substituents is 1. The van der Waals surface area contributed by atoms with Crippen LogP contribution in [-0.2, 0) is 58.9 Å². The Morgan fingerprint density at radius 1 is 0.795 bits per heavy atom. The van der Waals surface area contributed by atoms with Crippen LogP contribution in [0.15, 0.2) is 72.8 Å². The van der Waals surface area contributed by atoms with Gasteiger partial charge in [0, 0.05) is 87.5 Å². The Labute approximate surface area is 451 Å². The van der Waals surface area contributed by atoms with Gasteiger partial charge in [-0.2, -0.15) is 0 Å². The SMILES string of the molecule is CC(=O)OC[C@H]1O[C@@H](Oc2ccc(COC(=O)N(C)CCOC(=O)Oc3cc4c(c5ccccc35)[C@H]([C@@H](C)Cl)CN4C(=O)c3cc4cc(OCCN(C)C)ccc4[nH]3)cc2[N+](=O)[O-])[C@H](OC(C)=O)[C@@H](OC(C)=O)[C@H]1OC(C)=O. The molecule has 4 aromatic carbocycles. The van der Waals surface area contributed by atoms with Gasteiger partial charge in [-0.15, -0.1) is 11.6 Å². The number of hydrogen-bond acceptors (Lipinski definition) is 20. The molecule has 7 atom stereocenters. The molecule has 2 aliphatic heterocycles. The highest BCUT2D eigenvalue weighted by atomic mass is 35.5. The summed E-state index contributed by atoms with van der Waals surface area (Å²) in [4.78, 5) is 109. The Morgan fingerprint density at radius 3 is 2.15 bits per heavy atom. The average molecular weight is 1100 g/mol. The molecule has 78 heavy (non-hydrogen) atoms. The molecular formula is C53H58ClN5O19. The van der Waals surface area contributed by atoms with Crippen molar-refractivity contribution in [3.05, 3.63) is 99.7 Å². The van der Waals surface area contributed by atoms with E-state index in [1.54, 1.807) is 29.2 Å². The first kappa shape index (κ1) is 57.5. The third-order valence-electron chi connectivity index (χ3n) is 12.4. The van der Waals surface area contributed by atoms with Crippen molar-refractivity contribution < 1.29 is 85.9 Å². The van der Waals surface area contributed by atoms with E-state index >= 15 is 0 Å². The Kier molecular flexibility index (Phi) is 18.6. The monoisotopic (exact) mass is 1100 g/mol. The van der Waals surface area contributed by atoms with E-state index in [1.807, 2.05) is 56.3 Å². The summed E-state index contributed by atoms with van der Waals surface area (Å²) in [5, 5.41) is 14.1. The molecule has 3 heterocycles. The maximum absolute atomic E-state index is 14.4.